The lowest BCUT2D eigenvalue weighted by atomic mass is 9.99. The van der Waals surface area contributed by atoms with Crippen molar-refractivity contribution in [1.82, 2.24) is 5.32 Å². The highest BCUT2D eigenvalue weighted by Crippen LogP contribution is 2.23. The minimum absolute atomic E-state index is 0.184. The van der Waals surface area contributed by atoms with Gasteiger partial charge in [0.1, 0.15) is 24.4 Å². The average molecular weight is 1210 g/mol. The molecule has 9 nitrogen and oxygen atoms in total. The highest BCUT2D eigenvalue weighted by atomic mass is 16.7. The Balaban J connectivity index is 2.08. The minimum Gasteiger partial charge on any atom is -0.394 e. The van der Waals surface area contributed by atoms with Gasteiger partial charge >= 0.3 is 0 Å². The molecule has 0 aliphatic carbocycles. The first-order valence-corrected chi connectivity index (χ1v) is 37.5. The van der Waals surface area contributed by atoms with E-state index in [4.69, 9.17) is 9.47 Å². The number of aliphatic hydroxyl groups excluding tert-OH is 5. The second-order valence-electron chi connectivity index (χ2n) is 26.1. The van der Waals surface area contributed by atoms with E-state index in [1.807, 2.05) is 6.08 Å². The van der Waals surface area contributed by atoms with E-state index in [1.54, 1.807) is 6.08 Å². The average Bonchev–Trinajstić information content (AvgIpc) is 3.55. The number of allylic oxidation sites excluding steroid dienone is 9. The molecule has 7 unspecified atom stereocenters. The Kier molecular flexibility index (Phi) is 62.7. The molecule has 1 aliphatic heterocycles. The normalized spacial score (nSPS) is 18.3. The Bertz CT molecular complexity index is 1540. The molecular formula is C77H143NO8. The van der Waals surface area contributed by atoms with Gasteiger partial charge in [-0.2, -0.15) is 0 Å². The fourth-order valence-corrected chi connectivity index (χ4v) is 11.9. The van der Waals surface area contributed by atoms with E-state index >= 15 is 0 Å². The first-order valence-electron chi connectivity index (χ1n) is 37.5. The van der Waals surface area contributed by atoms with Crippen LogP contribution in [-0.4, -0.2) is 87.5 Å². The summed E-state index contributed by atoms with van der Waals surface area (Å²) in [6, 6.07) is -0.830. The molecule has 0 saturated carbocycles. The number of ether oxygens (including phenoxy) is 2. The molecule has 86 heavy (non-hydrogen) atoms. The van der Waals surface area contributed by atoms with Gasteiger partial charge in [0, 0.05) is 6.42 Å². The van der Waals surface area contributed by atoms with Crippen LogP contribution in [0, 0.1) is 0 Å². The smallest absolute Gasteiger partial charge is 0.220 e. The standard InChI is InChI=1S/C77H143NO8/c1-3-5-7-9-11-13-15-17-19-21-23-25-27-29-30-31-32-33-34-35-36-37-38-39-40-41-42-43-45-47-49-51-53-55-57-59-61-63-65-67-73(81)78-70(69-85-77-76(84)75(83)74(82)72(68-79)86-77)71(80)66-64-62-60-58-56-54-52-50-48-46-44-28-26-24-22-20-18-16-14-12-10-8-6-4-2/h15,17,21,23,48,50,56,58,64,66,70-72,74-77,79-80,82-84H,3-14,16,18-20,22,24-47,49,51-55,57,59-63,65,67-69H2,1-2H3,(H,78,81)/b17-15-,23-21-,50-48+,58-56+,66-64+. The number of rotatable bonds is 66. The van der Waals surface area contributed by atoms with Crippen LogP contribution in [0.1, 0.15) is 367 Å². The number of unbranched alkanes of at least 4 members (excludes halogenated alkanes) is 48. The second-order valence-corrected chi connectivity index (χ2v) is 26.1. The maximum Gasteiger partial charge on any atom is 0.220 e. The summed E-state index contributed by atoms with van der Waals surface area (Å²) in [5, 5.41) is 54.8. The molecule has 1 rings (SSSR count). The SMILES string of the molecule is CCCCCCC/C=C\C/C=C\CCCCCCCCCCCCCCCCCCCCCCCCCCCCCC(=O)NC(COC1OC(CO)C(O)C(O)C1O)C(O)/C=C/CC/C=C/CC/C=C/CCCCCCCCCCCCCCCC. The van der Waals surface area contributed by atoms with Gasteiger partial charge in [-0.05, 0) is 77.0 Å². The Morgan fingerprint density at radius 1 is 0.395 bits per heavy atom. The third-order valence-corrected chi connectivity index (χ3v) is 17.8. The monoisotopic (exact) mass is 1210 g/mol. The zero-order valence-electron chi connectivity index (χ0n) is 56.6. The Labute approximate surface area is 532 Å². The van der Waals surface area contributed by atoms with E-state index in [9.17, 15) is 30.3 Å². The first-order chi connectivity index (χ1) is 42.3. The number of aliphatic hydroxyl groups is 5. The predicted molar refractivity (Wildman–Crippen MR) is 369 cm³/mol. The molecule has 0 bridgehead atoms. The molecule has 0 aromatic heterocycles. The highest BCUT2D eigenvalue weighted by molar-refractivity contribution is 5.76. The van der Waals surface area contributed by atoms with Gasteiger partial charge < -0.3 is 40.3 Å². The van der Waals surface area contributed by atoms with Crippen molar-refractivity contribution in [2.45, 2.75) is 410 Å². The van der Waals surface area contributed by atoms with Gasteiger partial charge in [0.15, 0.2) is 6.29 Å². The van der Waals surface area contributed by atoms with Gasteiger partial charge in [0.25, 0.3) is 0 Å². The molecule has 1 heterocycles. The molecule has 0 aromatic rings. The van der Waals surface area contributed by atoms with Crippen molar-refractivity contribution in [3.63, 3.8) is 0 Å². The number of carbonyl (C=O) groups is 1. The lowest BCUT2D eigenvalue weighted by Crippen LogP contribution is -2.60. The molecule has 1 amide bonds. The van der Waals surface area contributed by atoms with Crippen molar-refractivity contribution >= 4 is 5.91 Å². The summed E-state index contributed by atoms with van der Waals surface area (Å²) >= 11 is 0. The largest absolute Gasteiger partial charge is 0.394 e. The molecular weight excluding hydrogens is 1070 g/mol. The molecule has 1 fully saturated rings. The summed E-state index contributed by atoms with van der Waals surface area (Å²) in [7, 11) is 0. The number of hydrogen-bond acceptors (Lipinski definition) is 8. The number of amides is 1. The third kappa shape index (κ3) is 53.7. The maximum absolute atomic E-state index is 13.1. The lowest BCUT2D eigenvalue weighted by molar-refractivity contribution is -0.302. The molecule has 0 aromatic carbocycles. The van der Waals surface area contributed by atoms with Crippen LogP contribution in [0.25, 0.3) is 0 Å². The molecule has 6 N–H and O–H groups in total. The van der Waals surface area contributed by atoms with Crippen LogP contribution in [0.4, 0.5) is 0 Å². The summed E-state index contributed by atoms with van der Waals surface area (Å²) in [6.45, 7) is 3.79. The van der Waals surface area contributed by atoms with E-state index in [-0.39, 0.29) is 12.5 Å². The van der Waals surface area contributed by atoms with E-state index in [0.29, 0.717) is 6.42 Å². The molecule has 504 valence electrons. The zero-order chi connectivity index (χ0) is 62.1. The van der Waals surface area contributed by atoms with Gasteiger partial charge in [0.05, 0.1) is 25.4 Å². The second kappa shape index (κ2) is 65.8. The number of carbonyl (C=O) groups excluding carboxylic acids is 1. The summed E-state index contributed by atoms with van der Waals surface area (Å²) < 4.78 is 11.3. The number of hydrogen-bond donors (Lipinski definition) is 6. The van der Waals surface area contributed by atoms with Gasteiger partial charge in [-0.25, -0.2) is 0 Å². The summed E-state index contributed by atoms with van der Waals surface area (Å²) in [6.07, 6.45) is 85.0. The zero-order valence-corrected chi connectivity index (χ0v) is 56.6. The van der Waals surface area contributed by atoms with Gasteiger partial charge in [-0.1, -0.05) is 344 Å². The van der Waals surface area contributed by atoms with Gasteiger partial charge in [0.2, 0.25) is 5.91 Å². The molecule has 9 heteroatoms. The minimum atomic E-state index is -1.58. The Morgan fingerprint density at radius 3 is 1.05 bits per heavy atom. The third-order valence-electron chi connectivity index (χ3n) is 17.8. The predicted octanol–water partition coefficient (Wildman–Crippen LogP) is 20.9. The van der Waals surface area contributed by atoms with Gasteiger partial charge in [-0.15, -0.1) is 0 Å². The highest BCUT2D eigenvalue weighted by Gasteiger charge is 2.44. The van der Waals surface area contributed by atoms with Crippen LogP contribution in [-0.2, 0) is 14.3 Å². The topological polar surface area (TPSA) is 149 Å². The van der Waals surface area contributed by atoms with Gasteiger partial charge in [-0.3, -0.25) is 4.79 Å². The van der Waals surface area contributed by atoms with E-state index < -0.39 is 49.5 Å². The van der Waals surface area contributed by atoms with E-state index in [0.717, 1.165) is 51.4 Å². The maximum atomic E-state index is 13.1. The number of nitrogens with one attached hydrogen (secondary N) is 1. The molecule has 7 atom stereocenters. The Hall–Kier alpha value is -2.11. The van der Waals surface area contributed by atoms with Crippen molar-refractivity contribution in [2.75, 3.05) is 13.2 Å². The first kappa shape index (κ1) is 81.9. The van der Waals surface area contributed by atoms with Crippen molar-refractivity contribution in [1.29, 1.82) is 0 Å². The van der Waals surface area contributed by atoms with E-state index in [1.165, 1.54) is 295 Å². The van der Waals surface area contributed by atoms with Crippen molar-refractivity contribution < 1.29 is 39.8 Å². The van der Waals surface area contributed by atoms with Crippen LogP contribution < -0.4 is 5.32 Å². The van der Waals surface area contributed by atoms with E-state index in [2.05, 4.69) is 67.8 Å². The Morgan fingerprint density at radius 2 is 0.698 bits per heavy atom. The molecule has 1 aliphatic rings. The van der Waals surface area contributed by atoms with Crippen molar-refractivity contribution in [3.8, 4) is 0 Å². The fraction of sp³-hybridized carbons (Fsp3) is 0.857. The summed E-state index contributed by atoms with van der Waals surface area (Å²) in [5.74, 6) is -0.184. The fourth-order valence-electron chi connectivity index (χ4n) is 11.9. The van der Waals surface area contributed by atoms with Crippen LogP contribution in [0.5, 0.6) is 0 Å². The molecule has 1 saturated heterocycles. The summed E-state index contributed by atoms with van der Waals surface area (Å²) in [4.78, 5) is 13.1. The molecule has 0 radical (unpaired) electrons. The van der Waals surface area contributed by atoms with Crippen molar-refractivity contribution in [2.24, 2.45) is 0 Å². The lowest BCUT2D eigenvalue weighted by Gasteiger charge is -2.40. The van der Waals surface area contributed by atoms with Crippen LogP contribution in [0.15, 0.2) is 60.8 Å². The summed E-state index contributed by atoms with van der Waals surface area (Å²) in [5.41, 5.74) is 0. The van der Waals surface area contributed by atoms with Crippen LogP contribution >= 0.6 is 0 Å². The van der Waals surface area contributed by atoms with Crippen LogP contribution in [0.2, 0.25) is 0 Å². The van der Waals surface area contributed by atoms with Crippen LogP contribution in [0.3, 0.4) is 0 Å². The molecule has 0 spiro atoms. The quantitative estimate of drug-likeness (QED) is 0.0261. The van der Waals surface area contributed by atoms with Crippen molar-refractivity contribution in [3.05, 3.63) is 60.8 Å².